The monoisotopic (exact) mass is 137 g/mol. The van der Waals surface area contributed by atoms with Crippen LogP contribution in [0.15, 0.2) is 23.3 Å². The Balaban J connectivity index is 3.39. The topological polar surface area (TPSA) is 0 Å². The summed E-state index contributed by atoms with van der Waals surface area (Å²) >= 11 is 0. The second kappa shape index (κ2) is 5.28. The molecule has 10 heavy (non-hydrogen) atoms. The van der Waals surface area contributed by atoms with Crippen molar-refractivity contribution in [3.63, 3.8) is 0 Å². The normalized spacial score (nSPS) is 8.80. The van der Waals surface area contributed by atoms with Gasteiger partial charge in [-0.15, -0.1) is 0 Å². The van der Waals surface area contributed by atoms with Crippen LogP contribution >= 0.6 is 0 Å². The van der Waals surface area contributed by atoms with Crippen LogP contribution in [-0.2, 0) is 0 Å². The van der Waals surface area contributed by atoms with Gasteiger partial charge >= 0.3 is 0 Å². The van der Waals surface area contributed by atoms with Gasteiger partial charge in [-0.25, -0.2) is 0 Å². The van der Waals surface area contributed by atoms with E-state index in [0.717, 1.165) is 6.42 Å². The van der Waals surface area contributed by atoms with Crippen LogP contribution in [0.2, 0.25) is 0 Å². The van der Waals surface area contributed by atoms with E-state index in [1.54, 1.807) is 0 Å². The van der Waals surface area contributed by atoms with Crippen molar-refractivity contribution in [2.24, 2.45) is 0 Å². The van der Waals surface area contributed by atoms with E-state index in [1.807, 2.05) is 0 Å². The van der Waals surface area contributed by atoms with E-state index in [4.69, 9.17) is 0 Å². The van der Waals surface area contributed by atoms with Gasteiger partial charge in [0.25, 0.3) is 0 Å². The Hall–Kier alpha value is -0.520. The third kappa shape index (κ3) is 7.48. The SMILES string of the molecule is CC(C)=C[CH]CC=C(C)C. The van der Waals surface area contributed by atoms with E-state index in [1.165, 1.54) is 11.1 Å². The summed E-state index contributed by atoms with van der Waals surface area (Å²) in [5, 5.41) is 0. The lowest BCUT2D eigenvalue weighted by molar-refractivity contribution is 1.20. The Morgan fingerprint density at radius 3 is 2.00 bits per heavy atom. The van der Waals surface area contributed by atoms with Gasteiger partial charge in [0, 0.05) is 0 Å². The third-order valence-corrected chi connectivity index (χ3v) is 1.11. The van der Waals surface area contributed by atoms with Crippen LogP contribution in [0.5, 0.6) is 0 Å². The van der Waals surface area contributed by atoms with Crippen LogP contribution in [0.3, 0.4) is 0 Å². The lowest BCUT2D eigenvalue weighted by Crippen LogP contribution is -1.71. The van der Waals surface area contributed by atoms with E-state index in [0.29, 0.717) is 0 Å². The summed E-state index contributed by atoms with van der Waals surface area (Å²) in [4.78, 5) is 0. The second-order valence-electron chi connectivity index (χ2n) is 3.00. The van der Waals surface area contributed by atoms with Crippen molar-refractivity contribution in [3.8, 4) is 0 Å². The van der Waals surface area contributed by atoms with Crippen molar-refractivity contribution < 1.29 is 0 Å². The Bertz CT molecular complexity index is 112. The summed E-state index contributed by atoms with van der Waals surface area (Å²) in [5.74, 6) is 0. The largest absolute Gasteiger partial charge is 0.0853 e. The van der Waals surface area contributed by atoms with E-state index in [-0.39, 0.29) is 0 Å². The maximum Gasteiger partial charge on any atom is -0.0130 e. The Morgan fingerprint density at radius 2 is 1.60 bits per heavy atom. The molecule has 0 heteroatoms. The van der Waals surface area contributed by atoms with E-state index in [9.17, 15) is 0 Å². The molecule has 1 radical (unpaired) electrons. The first-order valence-electron chi connectivity index (χ1n) is 3.73. The summed E-state index contributed by atoms with van der Waals surface area (Å²) in [6.07, 6.45) is 7.62. The van der Waals surface area contributed by atoms with Crippen LogP contribution in [0, 0.1) is 6.42 Å². The zero-order valence-electron chi connectivity index (χ0n) is 7.44. The molecule has 0 atom stereocenters. The molecule has 0 bridgehead atoms. The first-order chi connectivity index (χ1) is 4.63. The number of rotatable bonds is 3. The molecule has 0 aliphatic carbocycles. The Morgan fingerprint density at radius 1 is 1.00 bits per heavy atom. The van der Waals surface area contributed by atoms with Crippen LogP contribution in [0.1, 0.15) is 34.1 Å². The zero-order valence-corrected chi connectivity index (χ0v) is 7.44. The van der Waals surface area contributed by atoms with Crippen molar-refractivity contribution in [2.45, 2.75) is 34.1 Å². The summed E-state index contributed by atoms with van der Waals surface area (Å²) in [6.45, 7) is 8.46. The average molecular weight is 137 g/mol. The number of unbranched alkanes of at least 4 members (excludes halogenated alkanes) is 1. The van der Waals surface area contributed by atoms with Crippen molar-refractivity contribution in [2.75, 3.05) is 0 Å². The van der Waals surface area contributed by atoms with Crippen LogP contribution in [0.4, 0.5) is 0 Å². The maximum absolute atomic E-state index is 2.22. The molecular weight excluding hydrogens is 120 g/mol. The highest BCUT2D eigenvalue weighted by Gasteiger charge is 1.80. The smallest absolute Gasteiger partial charge is 0.0130 e. The lowest BCUT2D eigenvalue weighted by Gasteiger charge is -1.90. The molecule has 0 aromatic rings. The first kappa shape index (κ1) is 9.48. The van der Waals surface area contributed by atoms with Crippen molar-refractivity contribution in [3.05, 3.63) is 29.7 Å². The summed E-state index contributed by atoms with van der Waals surface area (Å²) < 4.78 is 0. The predicted molar refractivity (Wildman–Crippen MR) is 47.8 cm³/mol. The van der Waals surface area contributed by atoms with Gasteiger partial charge in [-0.2, -0.15) is 0 Å². The molecule has 0 rings (SSSR count). The van der Waals surface area contributed by atoms with E-state index in [2.05, 4.69) is 46.3 Å². The fourth-order valence-corrected chi connectivity index (χ4v) is 0.607. The molecule has 0 amide bonds. The summed E-state index contributed by atoms with van der Waals surface area (Å²) in [6, 6.07) is 0. The lowest BCUT2D eigenvalue weighted by atomic mass is 10.2. The van der Waals surface area contributed by atoms with Gasteiger partial charge in [0.15, 0.2) is 0 Å². The van der Waals surface area contributed by atoms with Crippen LogP contribution < -0.4 is 0 Å². The molecule has 0 nitrogen and oxygen atoms in total. The van der Waals surface area contributed by atoms with E-state index < -0.39 is 0 Å². The van der Waals surface area contributed by atoms with Gasteiger partial charge in [-0.05, 0) is 40.5 Å². The van der Waals surface area contributed by atoms with Gasteiger partial charge in [0.2, 0.25) is 0 Å². The highest BCUT2D eigenvalue weighted by atomic mass is 13.9. The quantitative estimate of drug-likeness (QED) is 0.412. The number of hydrogen-bond donors (Lipinski definition) is 0. The van der Waals surface area contributed by atoms with Gasteiger partial charge in [-0.1, -0.05) is 23.3 Å². The fourth-order valence-electron chi connectivity index (χ4n) is 0.607. The molecule has 0 fully saturated rings. The zero-order chi connectivity index (χ0) is 7.98. The molecule has 0 aliphatic rings. The standard InChI is InChI=1S/C10H17/c1-9(2)7-5-6-8-10(3)4/h5,7-8H,6H2,1-4H3. The molecule has 0 aromatic heterocycles. The average Bonchev–Trinajstić information content (AvgIpc) is 1.79. The maximum atomic E-state index is 2.22. The minimum Gasteiger partial charge on any atom is -0.0853 e. The van der Waals surface area contributed by atoms with Crippen LogP contribution in [0.25, 0.3) is 0 Å². The molecule has 0 spiro atoms. The van der Waals surface area contributed by atoms with Gasteiger partial charge in [0.05, 0.1) is 0 Å². The molecule has 0 aromatic carbocycles. The summed E-state index contributed by atoms with van der Waals surface area (Å²) in [7, 11) is 0. The van der Waals surface area contributed by atoms with Crippen molar-refractivity contribution >= 4 is 0 Å². The highest BCUT2D eigenvalue weighted by molar-refractivity contribution is 5.07. The fraction of sp³-hybridized carbons (Fsp3) is 0.500. The second-order valence-corrected chi connectivity index (χ2v) is 3.00. The summed E-state index contributed by atoms with van der Waals surface area (Å²) in [5.41, 5.74) is 2.75. The first-order valence-corrected chi connectivity index (χ1v) is 3.73. The van der Waals surface area contributed by atoms with Crippen molar-refractivity contribution in [1.82, 2.24) is 0 Å². The Kier molecular flexibility index (Phi) is 5.00. The molecule has 0 unspecified atom stereocenters. The van der Waals surface area contributed by atoms with Crippen LogP contribution in [-0.4, -0.2) is 0 Å². The van der Waals surface area contributed by atoms with Gasteiger partial charge < -0.3 is 0 Å². The molecule has 0 heterocycles. The molecular formula is C10H17. The van der Waals surface area contributed by atoms with Crippen molar-refractivity contribution in [1.29, 1.82) is 0 Å². The minimum atomic E-state index is 1.06. The highest BCUT2D eigenvalue weighted by Crippen LogP contribution is 1.99. The molecule has 57 valence electrons. The van der Waals surface area contributed by atoms with Gasteiger partial charge in [-0.3, -0.25) is 0 Å². The van der Waals surface area contributed by atoms with Gasteiger partial charge in [0.1, 0.15) is 0 Å². The molecule has 0 N–H and O–H groups in total. The third-order valence-electron chi connectivity index (χ3n) is 1.11. The molecule has 0 aliphatic heterocycles. The number of allylic oxidation sites excluding steroid dienone is 4. The molecule has 0 saturated heterocycles. The predicted octanol–water partition coefficient (Wildman–Crippen LogP) is 3.51. The number of hydrogen-bond acceptors (Lipinski definition) is 0. The van der Waals surface area contributed by atoms with E-state index >= 15 is 0 Å². The minimum absolute atomic E-state index is 1.06. The molecule has 0 saturated carbocycles. The Labute approximate surface area is 64.6 Å².